The Morgan fingerprint density at radius 1 is 1.31 bits per heavy atom. The molecule has 2 heteroatoms. The van der Waals surface area contributed by atoms with Crippen molar-refractivity contribution in [1.82, 2.24) is 4.90 Å². The van der Waals surface area contributed by atoms with Gasteiger partial charge < -0.3 is 4.90 Å². The van der Waals surface area contributed by atoms with Crippen molar-refractivity contribution in [3.63, 3.8) is 0 Å². The van der Waals surface area contributed by atoms with Gasteiger partial charge >= 0.3 is 0 Å². The third kappa shape index (κ3) is 1.74. The Morgan fingerprint density at radius 3 is 2.85 bits per heavy atom. The molecule has 2 aliphatic rings. The normalized spacial score (nSPS) is 33.2. The van der Waals surface area contributed by atoms with Gasteiger partial charge in [-0.2, -0.15) is 0 Å². The Labute approximate surface area is 86.5 Å². The summed E-state index contributed by atoms with van der Waals surface area (Å²) in [5.41, 5.74) is 0. The molecule has 0 aromatic carbocycles. The lowest BCUT2D eigenvalue weighted by molar-refractivity contribution is 0.254. The van der Waals surface area contributed by atoms with Gasteiger partial charge in [0, 0.05) is 12.6 Å². The molecule has 1 heterocycles. The molecule has 0 N–H and O–H groups in total. The highest BCUT2D eigenvalue weighted by molar-refractivity contribution is 7.80. The number of likely N-dealkylation sites (tertiary alicyclic amines) is 1. The first-order valence-electron chi connectivity index (χ1n) is 5.62. The molecule has 0 radical (unpaired) electrons. The summed E-state index contributed by atoms with van der Waals surface area (Å²) in [5, 5.41) is 0. The number of thiocarbonyl (C=S) groups is 1. The van der Waals surface area contributed by atoms with Crippen molar-refractivity contribution in [1.29, 1.82) is 0 Å². The minimum Gasteiger partial charge on any atom is -0.363 e. The molecular weight excluding hydrogens is 178 g/mol. The van der Waals surface area contributed by atoms with Crippen molar-refractivity contribution in [2.45, 2.75) is 51.5 Å². The average molecular weight is 197 g/mol. The van der Waals surface area contributed by atoms with Crippen LogP contribution in [0.25, 0.3) is 0 Å². The monoisotopic (exact) mass is 197 g/mol. The zero-order valence-electron chi connectivity index (χ0n) is 8.46. The van der Waals surface area contributed by atoms with Crippen LogP contribution in [-0.2, 0) is 0 Å². The van der Waals surface area contributed by atoms with E-state index in [0.29, 0.717) is 0 Å². The Kier molecular flexibility index (Phi) is 2.87. The second kappa shape index (κ2) is 3.95. The lowest BCUT2D eigenvalue weighted by Crippen LogP contribution is -2.37. The van der Waals surface area contributed by atoms with Crippen molar-refractivity contribution in [3.8, 4) is 0 Å². The van der Waals surface area contributed by atoms with Crippen LogP contribution >= 0.6 is 12.2 Å². The molecule has 0 amide bonds. The maximum atomic E-state index is 5.41. The van der Waals surface area contributed by atoms with E-state index in [2.05, 4.69) is 11.8 Å². The highest BCUT2D eigenvalue weighted by Crippen LogP contribution is 2.36. The molecule has 1 saturated carbocycles. The quantitative estimate of drug-likeness (QED) is 0.595. The Bertz CT molecular complexity index is 202. The van der Waals surface area contributed by atoms with Crippen LogP contribution in [0.2, 0.25) is 0 Å². The van der Waals surface area contributed by atoms with Crippen LogP contribution < -0.4 is 0 Å². The van der Waals surface area contributed by atoms with E-state index in [1.807, 2.05) is 0 Å². The predicted octanol–water partition coefficient (Wildman–Crippen LogP) is 2.99. The zero-order chi connectivity index (χ0) is 9.26. The lowest BCUT2D eigenvalue weighted by Gasteiger charge is -2.33. The maximum absolute atomic E-state index is 5.41. The van der Waals surface area contributed by atoms with E-state index in [9.17, 15) is 0 Å². The molecule has 2 atom stereocenters. The predicted molar refractivity (Wildman–Crippen MR) is 60.0 cm³/mol. The van der Waals surface area contributed by atoms with Gasteiger partial charge in [0.25, 0.3) is 0 Å². The van der Waals surface area contributed by atoms with Gasteiger partial charge in [0.05, 0.1) is 4.99 Å². The average Bonchev–Trinajstić information content (AvgIpc) is 2.60. The van der Waals surface area contributed by atoms with Gasteiger partial charge in [0.15, 0.2) is 0 Å². The third-order valence-corrected chi connectivity index (χ3v) is 4.16. The van der Waals surface area contributed by atoms with Crippen LogP contribution in [0, 0.1) is 5.92 Å². The summed E-state index contributed by atoms with van der Waals surface area (Å²) in [5.74, 6) is 0.971. The van der Waals surface area contributed by atoms with Crippen LogP contribution in [0.15, 0.2) is 0 Å². The second-order valence-corrected chi connectivity index (χ2v) is 4.81. The number of rotatable bonds is 1. The first-order chi connectivity index (χ1) is 6.33. The lowest BCUT2D eigenvalue weighted by atomic mass is 9.85. The fraction of sp³-hybridized carbons (Fsp3) is 0.909. The van der Waals surface area contributed by atoms with Crippen molar-refractivity contribution < 1.29 is 0 Å². The summed E-state index contributed by atoms with van der Waals surface area (Å²) in [7, 11) is 0. The fourth-order valence-corrected chi connectivity index (χ4v) is 3.15. The summed E-state index contributed by atoms with van der Waals surface area (Å²) >= 11 is 5.41. The molecule has 2 rings (SSSR count). The molecule has 0 aromatic heterocycles. The van der Waals surface area contributed by atoms with E-state index in [-0.39, 0.29) is 0 Å². The fourth-order valence-electron chi connectivity index (χ4n) is 2.92. The molecule has 1 aliphatic heterocycles. The van der Waals surface area contributed by atoms with E-state index >= 15 is 0 Å². The molecule has 1 aliphatic carbocycles. The smallest absolute Gasteiger partial charge is 0.0779 e. The summed E-state index contributed by atoms with van der Waals surface area (Å²) < 4.78 is 0. The van der Waals surface area contributed by atoms with Crippen LogP contribution in [0.3, 0.4) is 0 Å². The molecular formula is C11H19NS. The molecule has 74 valence electrons. The van der Waals surface area contributed by atoms with Gasteiger partial charge in [-0.25, -0.2) is 0 Å². The molecule has 2 fully saturated rings. The van der Waals surface area contributed by atoms with Crippen LogP contribution in [-0.4, -0.2) is 22.5 Å². The topological polar surface area (TPSA) is 3.24 Å². The number of nitrogens with zero attached hydrogens (tertiary/aromatic N) is 1. The third-order valence-electron chi connectivity index (χ3n) is 3.63. The van der Waals surface area contributed by atoms with Crippen molar-refractivity contribution in [2.75, 3.05) is 6.54 Å². The van der Waals surface area contributed by atoms with E-state index < -0.39 is 0 Å². The summed E-state index contributed by atoms with van der Waals surface area (Å²) in [6.07, 6.45) is 8.17. The largest absolute Gasteiger partial charge is 0.363 e. The van der Waals surface area contributed by atoms with Crippen molar-refractivity contribution in [2.24, 2.45) is 5.92 Å². The van der Waals surface area contributed by atoms with Crippen LogP contribution in [0.4, 0.5) is 0 Å². The Hall–Kier alpha value is -0.110. The van der Waals surface area contributed by atoms with Gasteiger partial charge in [0.1, 0.15) is 0 Å². The van der Waals surface area contributed by atoms with Gasteiger partial charge in [0.2, 0.25) is 0 Å². The van der Waals surface area contributed by atoms with Crippen molar-refractivity contribution in [3.05, 3.63) is 0 Å². The number of hydrogen-bond acceptors (Lipinski definition) is 1. The minimum absolute atomic E-state index is 0.821. The number of hydrogen-bond donors (Lipinski definition) is 0. The number of fused-ring (bicyclic) bond motifs is 1. The standard InChI is InChI=1S/C11H19NS/c1-2-11(13)12-8-7-9-5-3-4-6-10(9)12/h9-10H,2-8H2,1H3. The zero-order valence-corrected chi connectivity index (χ0v) is 9.28. The molecule has 1 nitrogen and oxygen atoms in total. The molecule has 0 aromatic rings. The SMILES string of the molecule is CCC(=S)N1CCC2CCCCC21. The van der Waals surface area contributed by atoms with Gasteiger partial charge in [-0.1, -0.05) is 32.0 Å². The van der Waals surface area contributed by atoms with Gasteiger partial charge in [-0.3, -0.25) is 0 Å². The summed E-state index contributed by atoms with van der Waals surface area (Å²) in [6.45, 7) is 3.42. The van der Waals surface area contributed by atoms with E-state index in [1.54, 1.807) is 0 Å². The summed E-state index contributed by atoms with van der Waals surface area (Å²) in [6, 6.07) is 0.821. The van der Waals surface area contributed by atoms with Crippen LogP contribution in [0.5, 0.6) is 0 Å². The molecule has 2 unspecified atom stereocenters. The first-order valence-corrected chi connectivity index (χ1v) is 6.03. The minimum atomic E-state index is 0.821. The Morgan fingerprint density at radius 2 is 2.08 bits per heavy atom. The highest BCUT2D eigenvalue weighted by Gasteiger charge is 2.35. The molecule has 0 spiro atoms. The van der Waals surface area contributed by atoms with Crippen LogP contribution in [0.1, 0.15) is 45.4 Å². The molecule has 1 saturated heterocycles. The first kappa shape index (κ1) is 9.45. The van der Waals surface area contributed by atoms with Gasteiger partial charge in [-0.15, -0.1) is 0 Å². The maximum Gasteiger partial charge on any atom is 0.0779 e. The van der Waals surface area contributed by atoms with E-state index in [4.69, 9.17) is 12.2 Å². The van der Waals surface area contributed by atoms with Crippen molar-refractivity contribution >= 4 is 17.2 Å². The van der Waals surface area contributed by atoms with Gasteiger partial charge in [-0.05, 0) is 31.6 Å². The van der Waals surface area contributed by atoms with E-state index in [0.717, 1.165) is 18.4 Å². The Balaban J connectivity index is 2.02. The second-order valence-electron chi connectivity index (χ2n) is 4.34. The molecule has 0 bridgehead atoms. The molecule has 13 heavy (non-hydrogen) atoms. The van der Waals surface area contributed by atoms with E-state index in [1.165, 1.54) is 43.6 Å². The highest BCUT2D eigenvalue weighted by atomic mass is 32.1. The summed E-state index contributed by atoms with van der Waals surface area (Å²) in [4.78, 5) is 3.72.